The van der Waals surface area contributed by atoms with E-state index in [9.17, 15) is 14.3 Å². The molecule has 1 aliphatic carbocycles. The molecule has 0 unspecified atom stereocenters. The van der Waals surface area contributed by atoms with Gasteiger partial charge in [0.15, 0.2) is 0 Å². The lowest BCUT2D eigenvalue weighted by Gasteiger charge is -2.15. The number of aliphatic carboxylic acids is 1. The van der Waals surface area contributed by atoms with Crippen LogP contribution in [0.15, 0.2) is 23.6 Å². The second-order valence-electron chi connectivity index (χ2n) is 2.51. The summed E-state index contributed by atoms with van der Waals surface area (Å²) in [4.78, 5) is 10.3. The molecule has 1 N–H and O–H groups in total. The molecule has 0 heterocycles. The molecule has 0 aromatic rings. The van der Waals surface area contributed by atoms with E-state index >= 15 is 0 Å². The summed E-state index contributed by atoms with van der Waals surface area (Å²) in [6, 6.07) is 0. The van der Waals surface area contributed by atoms with Crippen molar-refractivity contribution in [1.29, 1.82) is 5.41 Å². The van der Waals surface area contributed by atoms with E-state index < -0.39 is 5.97 Å². The minimum atomic E-state index is -1.28. The molecule has 3 nitrogen and oxygen atoms in total. The molecule has 0 saturated carbocycles. The molecule has 0 amide bonds. The van der Waals surface area contributed by atoms with Crippen molar-refractivity contribution in [2.24, 2.45) is 0 Å². The van der Waals surface area contributed by atoms with Gasteiger partial charge in [-0.25, -0.2) is 4.39 Å². The van der Waals surface area contributed by atoms with Crippen molar-refractivity contribution in [3.63, 3.8) is 0 Å². The predicted molar refractivity (Wildman–Crippen MR) is 39.2 cm³/mol. The summed E-state index contributed by atoms with van der Waals surface area (Å²) in [5.41, 5.74) is 0.216. The topological polar surface area (TPSA) is 64.0 Å². The molecule has 0 aromatic heterocycles. The Morgan fingerprint density at radius 3 is 2.75 bits per heavy atom. The highest BCUT2D eigenvalue weighted by molar-refractivity contribution is 6.10. The lowest BCUT2D eigenvalue weighted by Crippen LogP contribution is -2.26. The van der Waals surface area contributed by atoms with Crippen molar-refractivity contribution in [1.82, 2.24) is 0 Å². The van der Waals surface area contributed by atoms with Crippen molar-refractivity contribution in [2.45, 2.75) is 12.8 Å². The monoisotopic (exact) mass is 168 g/mol. The van der Waals surface area contributed by atoms with Gasteiger partial charge in [-0.1, -0.05) is 0 Å². The second-order valence-corrected chi connectivity index (χ2v) is 2.51. The lowest BCUT2D eigenvalue weighted by molar-refractivity contribution is -0.299. The van der Waals surface area contributed by atoms with Crippen LogP contribution in [-0.4, -0.2) is 11.7 Å². The first-order valence-electron chi connectivity index (χ1n) is 3.45. The number of hydrogen-bond acceptors (Lipinski definition) is 3. The summed E-state index contributed by atoms with van der Waals surface area (Å²) in [6.45, 7) is 0. The highest BCUT2D eigenvalue weighted by Crippen LogP contribution is 2.19. The van der Waals surface area contributed by atoms with Crippen LogP contribution in [0.25, 0.3) is 0 Å². The summed E-state index contributed by atoms with van der Waals surface area (Å²) in [5.74, 6) is -1.28. The number of carbonyl (C=O) groups is 1. The van der Waals surface area contributed by atoms with Gasteiger partial charge in [0.2, 0.25) is 0 Å². The zero-order chi connectivity index (χ0) is 9.14. The molecule has 0 aromatic carbocycles. The third-order valence-corrected chi connectivity index (χ3v) is 1.72. The minimum absolute atomic E-state index is 0.0607. The molecule has 0 aliphatic heterocycles. The summed E-state index contributed by atoms with van der Waals surface area (Å²) in [5, 5.41) is 17.5. The molecule has 0 saturated heterocycles. The first kappa shape index (κ1) is 8.64. The van der Waals surface area contributed by atoms with Crippen LogP contribution in [0.5, 0.6) is 0 Å². The molecule has 12 heavy (non-hydrogen) atoms. The molecule has 0 spiro atoms. The maximum atomic E-state index is 12.0. The molecule has 0 fully saturated rings. The second kappa shape index (κ2) is 3.30. The first-order chi connectivity index (χ1) is 5.65. The van der Waals surface area contributed by atoms with E-state index in [1.807, 2.05) is 0 Å². The largest absolute Gasteiger partial charge is 0.545 e. The van der Waals surface area contributed by atoms with Crippen LogP contribution in [-0.2, 0) is 4.79 Å². The number of hydrogen-bond donors (Lipinski definition) is 1. The number of carboxylic acid groups (broad SMARTS) is 1. The van der Waals surface area contributed by atoms with E-state index in [1.165, 1.54) is 0 Å². The van der Waals surface area contributed by atoms with Crippen LogP contribution in [0, 0.1) is 5.41 Å². The third-order valence-electron chi connectivity index (χ3n) is 1.72. The maximum Gasteiger partial charge on any atom is 0.0920 e. The smallest absolute Gasteiger partial charge is 0.0920 e. The van der Waals surface area contributed by atoms with E-state index in [2.05, 4.69) is 0 Å². The van der Waals surface area contributed by atoms with Gasteiger partial charge in [0, 0.05) is 5.57 Å². The fourth-order valence-electron chi connectivity index (χ4n) is 1.02. The number of rotatable bonds is 1. The summed E-state index contributed by atoms with van der Waals surface area (Å²) in [7, 11) is 0. The van der Waals surface area contributed by atoms with E-state index in [4.69, 9.17) is 5.41 Å². The van der Waals surface area contributed by atoms with E-state index in [0.29, 0.717) is 6.33 Å². The van der Waals surface area contributed by atoms with Gasteiger partial charge in [0.25, 0.3) is 0 Å². The Hall–Kier alpha value is -1.45. The van der Waals surface area contributed by atoms with Crippen LogP contribution in [0.4, 0.5) is 4.39 Å². The minimum Gasteiger partial charge on any atom is -0.545 e. The first-order valence-corrected chi connectivity index (χ1v) is 3.45. The Labute approximate surface area is 68.7 Å². The van der Waals surface area contributed by atoms with E-state index in [0.717, 1.165) is 6.08 Å². The fraction of sp³-hybridized carbons (Fsp3) is 0.250. The molecule has 1 aliphatic rings. The van der Waals surface area contributed by atoms with Crippen molar-refractivity contribution < 1.29 is 14.3 Å². The van der Waals surface area contributed by atoms with E-state index in [-0.39, 0.29) is 29.7 Å². The Morgan fingerprint density at radius 2 is 2.33 bits per heavy atom. The Bertz CT molecular complexity index is 291. The average Bonchev–Trinajstić information content (AvgIpc) is 2.04. The molecule has 0 radical (unpaired) electrons. The number of halogens is 1. The van der Waals surface area contributed by atoms with Gasteiger partial charge < -0.3 is 15.3 Å². The number of carboxylic acids is 1. The molecule has 0 bridgehead atoms. The Morgan fingerprint density at radius 1 is 1.67 bits per heavy atom. The number of carbonyl (C=O) groups excluding carboxylic acids is 1. The van der Waals surface area contributed by atoms with Gasteiger partial charge in [-0.15, -0.1) is 0 Å². The SMILES string of the molecule is N=C1C=C(C(=O)[O-])CC/C1=C\F. The number of nitrogens with one attached hydrogen (secondary N) is 1. The van der Waals surface area contributed by atoms with Crippen LogP contribution >= 0.6 is 0 Å². The molecular formula is C8H7FNO2-. The van der Waals surface area contributed by atoms with Crippen LogP contribution in [0.3, 0.4) is 0 Å². The van der Waals surface area contributed by atoms with Gasteiger partial charge in [-0.3, -0.25) is 0 Å². The van der Waals surface area contributed by atoms with Crippen molar-refractivity contribution in [3.05, 3.63) is 23.6 Å². The van der Waals surface area contributed by atoms with Crippen molar-refractivity contribution in [2.75, 3.05) is 0 Å². The van der Waals surface area contributed by atoms with Crippen LogP contribution < -0.4 is 5.11 Å². The van der Waals surface area contributed by atoms with Crippen LogP contribution in [0.2, 0.25) is 0 Å². The van der Waals surface area contributed by atoms with E-state index in [1.54, 1.807) is 0 Å². The molecular weight excluding hydrogens is 161 g/mol. The van der Waals surface area contributed by atoms with Crippen molar-refractivity contribution >= 4 is 11.7 Å². The number of allylic oxidation sites excluding steroid dienone is 2. The molecule has 0 atom stereocenters. The van der Waals surface area contributed by atoms with Gasteiger partial charge in [0.1, 0.15) is 0 Å². The molecule has 1 rings (SSSR count). The van der Waals surface area contributed by atoms with Crippen LogP contribution in [0.1, 0.15) is 12.8 Å². The normalized spacial score (nSPS) is 20.9. The lowest BCUT2D eigenvalue weighted by atomic mass is 9.94. The average molecular weight is 168 g/mol. The maximum absolute atomic E-state index is 12.0. The fourth-order valence-corrected chi connectivity index (χ4v) is 1.02. The molecule has 64 valence electrons. The highest BCUT2D eigenvalue weighted by atomic mass is 19.1. The standard InChI is InChI=1S/C8H8FNO2/c9-4-6-2-1-5(8(11)12)3-7(6)10/h3-4,10H,1-2H2,(H,11,12)/p-1/b6-4+,10-7?. The van der Waals surface area contributed by atoms with Gasteiger partial charge in [-0.2, -0.15) is 0 Å². The quantitative estimate of drug-likeness (QED) is 0.613. The van der Waals surface area contributed by atoms with Gasteiger partial charge in [-0.05, 0) is 24.5 Å². The Balaban J connectivity index is 2.89. The zero-order valence-corrected chi connectivity index (χ0v) is 6.26. The predicted octanol–water partition coefficient (Wildman–Crippen LogP) is 0.330. The summed E-state index contributed by atoms with van der Waals surface area (Å²) >= 11 is 0. The summed E-state index contributed by atoms with van der Waals surface area (Å²) < 4.78 is 12.0. The Kier molecular flexibility index (Phi) is 2.38. The summed E-state index contributed by atoms with van der Waals surface area (Å²) in [6.07, 6.45) is 1.96. The highest BCUT2D eigenvalue weighted by Gasteiger charge is 2.12. The zero-order valence-electron chi connectivity index (χ0n) is 6.26. The van der Waals surface area contributed by atoms with Gasteiger partial charge >= 0.3 is 0 Å². The third kappa shape index (κ3) is 1.58. The van der Waals surface area contributed by atoms with Gasteiger partial charge in [0.05, 0.1) is 18.0 Å². The van der Waals surface area contributed by atoms with Crippen molar-refractivity contribution in [3.8, 4) is 0 Å². The molecule has 4 heteroatoms.